The van der Waals surface area contributed by atoms with E-state index in [1.54, 1.807) is 7.11 Å². The van der Waals surface area contributed by atoms with Crippen LogP contribution in [0.5, 0.6) is 5.75 Å². The van der Waals surface area contributed by atoms with E-state index in [-0.39, 0.29) is 11.7 Å². The van der Waals surface area contributed by atoms with E-state index >= 15 is 0 Å². The van der Waals surface area contributed by atoms with Gasteiger partial charge >= 0.3 is 0 Å². The van der Waals surface area contributed by atoms with Gasteiger partial charge in [0.2, 0.25) is 5.78 Å². The molecule has 2 fully saturated rings. The van der Waals surface area contributed by atoms with Crippen molar-refractivity contribution >= 4 is 5.78 Å². The van der Waals surface area contributed by atoms with E-state index in [1.807, 2.05) is 24.3 Å². The van der Waals surface area contributed by atoms with Crippen LogP contribution in [-0.4, -0.2) is 79.3 Å². The van der Waals surface area contributed by atoms with Crippen molar-refractivity contribution in [2.75, 3.05) is 46.9 Å². The summed E-state index contributed by atoms with van der Waals surface area (Å²) in [4.78, 5) is 17.1. The minimum absolute atomic E-state index is 0.0545. The Kier molecular flexibility index (Phi) is 7.33. The number of piperazine rings is 1. The van der Waals surface area contributed by atoms with Crippen LogP contribution in [0.1, 0.15) is 31.2 Å². The van der Waals surface area contributed by atoms with Crippen LogP contribution >= 0.6 is 0 Å². The van der Waals surface area contributed by atoms with Gasteiger partial charge in [0, 0.05) is 51.1 Å². The zero-order chi connectivity index (χ0) is 22.6. The highest BCUT2D eigenvalue weighted by atomic mass is 16.5. The molecular weight excluding hydrogens is 404 g/mol. The second-order valence-electron chi connectivity index (χ2n) is 9.45. The largest absolute Gasteiger partial charge is 0.497 e. The molecule has 6 nitrogen and oxygen atoms in total. The number of hydrogen-bond donors (Lipinski definition) is 1. The Hall–Kier alpha value is -2.15. The Balaban J connectivity index is 1.65. The summed E-state index contributed by atoms with van der Waals surface area (Å²) in [6.45, 7) is 5.02. The van der Waals surface area contributed by atoms with Crippen molar-refractivity contribution in [3.63, 3.8) is 0 Å². The van der Waals surface area contributed by atoms with Crippen molar-refractivity contribution in [1.29, 1.82) is 0 Å². The van der Waals surface area contributed by atoms with Crippen molar-refractivity contribution in [1.82, 2.24) is 9.80 Å². The summed E-state index contributed by atoms with van der Waals surface area (Å²) in [5.41, 5.74) is 0.956. The summed E-state index contributed by atoms with van der Waals surface area (Å²) in [7, 11) is 3.83. The number of carbonyl (C=O) groups excluding carboxylic acids is 1. The van der Waals surface area contributed by atoms with Gasteiger partial charge in [-0.1, -0.05) is 18.6 Å². The summed E-state index contributed by atoms with van der Waals surface area (Å²) in [5.74, 6) is 0.829. The molecule has 32 heavy (non-hydrogen) atoms. The number of hydrogen-bond acceptors (Lipinski definition) is 6. The minimum atomic E-state index is -1.03. The van der Waals surface area contributed by atoms with Gasteiger partial charge in [0.25, 0.3) is 0 Å². The maximum Gasteiger partial charge on any atom is 0.203 e. The second kappa shape index (κ2) is 10.2. The van der Waals surface area contributed by atoms with Gasteiger partial charge < -0.3 is 24.4 Å². The molecule has 1 aromatic rings. The van der Waals surface area contributed by atoms with Crippen LogP contribution in [0.15, 0.2) is 48.3 Å². The number of ether oxygens (including phenoxy) is 2. The molecule has 2 aliphatic heterocycles. The lowest BCUT2D eigenvalue weighted by Crippen LogP contribution is -2.51. The van der Waals surface area contributed by atoms with Crippen LogP contribution < -0.4 is 4.74 Å². The molecule has 3 aliphatic rings. The first kappa shape index (κ1) is 23.0. The fraction of sp³-hybridized carbons (Fsp3) is 0.577. The fourth-order valence-corrected chi connectivity index (χ4v) is 5.24. The van der Waals surface area contributed by atoms with Gasteiger partial charge in [-0.15, -0.1) is 0 Å². The minimum Gasteiger partial charge on any atom is -0.497 e. The molecule has 1 N–H and O–H groups in total. The Labute approximate surface area is 191 Å². The molecule has 3 atom stereocenters. The van der Waals surface area contributed by atoms with Gasteiger partial charge in [-0.2, -0.15) is 0 Å². The Morgan fingerprint density at radius 2 is 2.06 bits per heavy atom. The molecule has 1 saturated heterocycles. The molecule has 2 heterocycles. The summed E-state index contributed by atoms with van der Waals surface area (Å²) < 4.78 is 11.0. The molecule has 174 valence electrons. The number of nitrogens with zero attached hydrogens (tertiary/aromatic N) is 2. The molecule has 1 saturated carbocycles. The molecule has 4 rings (SSSR count). The summed E-state index contributed by atoms with van der Waals surface area (Å²) in [6, 6.07) is 7.96. The van der Waals surface area contributed by atoms with Crippen molar-refractivity contribution in [2.24, 2.45) is 5.92 Å². The highest BCUT2D eigenvalue weighted by Gasteiger charge is 2.43. The lowest BCUT2D eigenvalue weighted by atomic mass is 9.74. The van der Waals surface area contributed by atoms with Gasteiger partial charge in [-0.25, -0.2) is 0 Å². The number of rotatable bonds is 6. The van der Waals surface area contributed by atoms with Crippen molar-refractivity contribution in [3.8, 4) is 5.75 Å². The van der Waals surface area contributed by atoms with Crippen LogP contribution in [0.2, 0.25) is 0 Å². The van der Waals surface area contributed by atoms with Crippen LogP contribution in [0, 0.1) is 5.92 Å². The van der Waals surface area contributed by atoms with E-state index in [4.69, 9.17) is 9.47 Å². The van der Waals surface area contributed by atoms with E-state index in [9.17, 15) is 9.90 Å². The lowest BCUT2D eigenvalue weighted by molar-refractivity contribution is -0.118. The fourth-order valence-electron chi connectivity index (χ4n) is 5.24. The van der Waals surface area contributed by atoms with E-state index in [2.05, 4.69) is 22.9 Å². The quantitative estimate of drug-likeness (QED) is 0.542. The zero-order valence-electron chi connectivity index (χ0n) is 19.3. The summed E-state index contributed by atoms with van der Waals surface area (Å²) in [6.07, 6.45) is 8.56. The lowest BCUT2D eigenvalue weighted by Gasteiger charge is -2.42. The standard InChI is InChI=1S/C26H36N2O4/c1-27-11-13-28(14-12-27)19-22-8-4-3-7-21(17-25-24(29)10-15-32-25)26(22,30)18-20-6-5-9-23(16-20)31-2/h5-6,9-10,15-17,22,25,30H,3-4,7-8,11-14,18-19H2,1-2H3. The number of carbonyl (C=O) groups is 1. The van der Waals surface area contributed by atoms with Crippen LogP contribution in [0.3, 0.4) is 0 Å². The van der Waals surface area contributed by atoms with Gasteiger partial charge in [-0.05, 0) is 55.7 Å². The molecule has 0 spiro atoms. The number of methoxy groups -OCH3 is 1. The monoisotopic (exact) mass is 440 g/mol. The van der Waals surface area contributed by atoms with E-state index in [0.29, 0.717) is 6.42 Å². The Morgan fingerprint density at radius 1 is 1.25 bits per heavy atom. The molecule has 6 heteroatoms. The second-order valence-corrected chi connectivity index (χ2v) is 9.45. The Morgan fingerprint density at radius 3 is 2.78 bits per heavy atom. The molecule has 1 aromatic carbocycles. The number of aliphatic hydroxyl groups is 1. The first-order valence-electron chi connectivity index (χ1n) is 11.8. The molecule has 0 aromatic heterocycles. The average Bonchev–Trinajstić information content (AvgIpc) is 3.14. The van der Waals surface area contributed by atoms with Crippen molar-refractivity contribution in [3.05, 3.63) is 53.8 Å². The number of likely N-dealkylation sites (N-methyl/N-ethyl adjacent to an activating group) is 1. The third kappa shape index (κ3) is 5.25. The summed E-state index contributed by atoms with van der Waals surface area (Å²) in [5, 5.41) is 12.4. The molecule has 3 unspecified atom stereocenters. The van der Waals surface area contributed by atoms with Crippen LogP contribution in [-0.2, 0) is 16.0 Å². The predicted octanol–water partition coefficient (Wildman–Crippen LogP) is 2.81. The smallest absolute Gasteiger partial charge is 0.203 e. The maximum atomic E-state index is 12.4. The first-order valence-corrected chi connectivity index (χ1v) is 11.8. The molecular formula is C26H36N2O4. The highest BCUT2D eigenvalue weighted by molar-refractivity contribution is 5.96. The predicted molar refractivity (Wildman–Crippen MR) is 125 cm³/mol. The van der Waals surface area contributed by atoms with E-state index < -0.39 is 11.7 Å². The van der Waals surface area contributed by atoms with Gasteiger partial charge in [-0.3, -0.25) is 4.79 Å². The zero-order valence-corrected chi connectivity index (χ0v) is 19.3. The molecule has 0 bridgehead atoms. The first-order chi connectivity index (χ1) is 15.5. The third-order valence-corrected chi connectivity index (χ3v) is 7.25. The van der Waals surface area contributed by atoms with Crippen LogP contribution in [0.25, 0.3) is 0 Å². The van der Waals surface area contributed by atoms with Gasteiger partial charge in [0.05, 0.1) is 19.0 Å². The van der Waals surface area contributed by atoms with Crippen LogP contribution in [0.4, 0.5) is 0 Å². The SMILES string of the molecule is COc1cccc(CC2(O)C(=CC3OC=CC3=O)CCCCC2CN2CCN(C)CC2)c1. The number of ketones is 1. The van der Waals surface area contributed by atoms with Gasteiger partial charge in [0.15, 0.2) is 6.10 Å². The highest BCUT2D eigenvalue weighted by Crippen LogP contribution is 2.41. The molecule has 0 amide bonds. The molecule has 1 aliphatic carbocycles. The van der Waals surface area contributed by atoms with E-state index in [0.717, 1.165) is 75.3 Å². The normalized spacial score (nSPS) is 31.0. The van der Waals surface area contributed by atoms with Crippen molar-refractivity contribution < 1.29 is 19.4 Å². The topological polar surface area (TPSA) is 62.2 Å². The maximum absolute atomic E-state index is 12.4. The summed E-state index contributed by atoms with van der Waals surface area (Å²) >= 11 is 0. The number of benzene rings is 1. The molecule has 0 radical (unpaired) electrons. The van der Waals surface area contributed by atoms with E-state index in [1.165, 1.54) is 12.3 Å². The Bertz CT molecular complexity index is 859. The van der Waals surface area contributed by atoms with Gasteiger partial charge in [0.1, 0.15) is 5.75 Å². The third-order valence-electron chi connectivity index (χ3n) is 7.25. The average molecular weight is 441 g/mol. The van der Waals surface area contributed by atoms with Crippen molar-refractivity contribution in [2.45, 2.75) is 43.8 Å².